The highest BCUT2D eigenvalue weighted by Gasteiger charge is 2.10. The lowest BCUT2D eigenvalue weighted by Crippen LogP contribution is -2.20. The summed E-state index contributed by atoms with van der Waals surface area (Å²) in [6.07, 6.45) is 0.566. The second-order valence-corrected chi connectivity index (χ2v) is 7.20. The quantitative estimate of drug-likeness (QED) is 0.698. The van der Waals surface area contributed by atoms with Crippen LogP contribution in [0.3, 0.4) is 0 Å². The number of aromatic nitrogens is 1. The Morgan fingerprint density at radius 2 is 1.84 bits per heavy atom. The highest BCUT2D eigenvalue weighted by atomic mass is 32.1. The van der Waals surface area contributed by atoms with Crippen LogP contribution in [0, 0.1) is 0 Å². The fourth-order valence-corrected chi connectivity index (χ4v) is 3.88. The number of thiazole rings is 1. The smallest absolute Gasteiger partial charge is 0.230 e. The van der Waals surface area contributed by atoms with Gasteiger partial charge < -0.3 is 10.6 Å². The molecule has 0 aliphatic carbocycles. The van der Waals surface area contributed by atoms with E-state index in [-0.39, 0.29) is 18.2 Å². The maximum atomic E-state index is 12.2. The standard InChI is InChI=1S/C18H17N3O2S2/c1-19-16(22)9-12-4-6-13(7-5-12)20-17(23)10-14-11-25-18(21-14)15-3-2-8-24-15/h2-8,11H,9-10H2,1H3,(H,19,22)(H,20,23). The number of thiophene rings is 1. The second kappa shape index (κ2) is 8.04. The fourth-order valence-electron chi connectivity index (χ4n) is 2.25. The molecule has 0 aliphatic heterocycles. The third kappa shape index (κ3) is 4.74. The third-order valence-electron chi connectivity index (χ3n) is 3.51. The number of amides is 2. The van der Waals surface area contributed by atoms with Crippen LogP contribution in [0.1, 0.15) is 11.3 Å². The van der Waals surface area contributed by atoms with Gasteiger partial charge in [-0.15, -0.1) is 22.7 Å². The van der Waals surface area contributed by atoms with E-state index < -0.39 is 0 Å². The van der Waals surface area contributed by atoms with Crippen molar-refractivity contribution in [2.75, 3.05) is 12.4 Å². The van der Waals surface area contributed by atoms with Gasteiger partial charge in [-0.25, -0.2) is 4.98 Å². The summed E-state index contributed by atoms with van der Waals surface area (Å²) < 4.78 is 0. The van der Waals surface area contributed by atoms with E-state index >= 15 is 0 Å². The molecule has 0 bridgehead atoms. The Morgan fingerprint density at radius 3 is 2.52 bits per heavy atom. The molecule has 0 fully saturated rings. The molecule has 0 spiro atoms. The van der Waals surface area contributed by atoms with E-state index in [0.29, 0.717) is 12.1 Å². The lowest BCUT2D eigenvalue weighted by molar-refractivity contribution is -0.120. The largest absolute Gasteiger partial charge is 0.359 e. The zero-order valence-electron chi connectivity index (χ0n) is 13.6. The van der Waals surface area contributed by atoms with Crippen molar-refractivity contribution >= 4 is 40.2 Å². The molecule has 25 heavy (non-hydrogen) atoms. The Morgan fingerprint density at radius 1 is 1.04 bits per heavy atom. The molecule has 0 atom stereocenters. The van der Waals surface area contributed by atoms with E-state index in [1.165, 1.54) is 0 Å². The highest BCUT2D eigenvalue weighted by molar-refractivity contribution is 7.20. The molecule has 1 aromatic carbocycles. The van der Waals surface area contributed by atoms with E-state index in [4.69, 9.17) is 0 Å². The number of hydrogen-bond acceptors (Lipinski definition) is 5. The summed E-state index contributed by atoms with van der Waals surface area (Å²) in [5.74, 6) is -0.149. The van der Waals surface area contributed by atoms with Gasteiger partial charge in [0.05, 0.1) is 23.4 Å². The first-order valence-corrected chi connectivity index (χ1v) is 9.47. The van der Waals surface area contributed by atoms with Gasteiger partial charge in [-0.1, -0.05) is 18.2 Å². The molecule has 0 saturated heterocycles. The summed E-state index contributed by atoms with van der Waals surface area (Å²) in [6, 6.07) is 11.3. The maximum absolute atomic E-state index is 12.2. The number of benzene rings is 1. The first kappa shape index (κ1) is 17.3. The predicted molar refractivity (Wildman–Crippen MR) is 102 cm³/mol. The summed E-state index contributed by atoms with van der Waals surface area (Å²) in [5, 5.41) is 10.3. The molecule has 128 valence electrons. The van der Waals surface area contributed by atoms with Gasteiger partial charge in [-0.05, 0) is 29.1 Å². The molecule has 3 rings (SSSR count). The van der Waals surface area contributed by atoms with Crippen molar-refractivity contribution in [1.29, 1.82) is 0 Å². The molecule has 0 radical (unpaired) electrons. The Hall–Kier alpha value is -2.51. The van der Waals surface area contributed by atoms with E-state index in [1.807, 2.05) is 35.0 Å². The van der Waals surface area contributed by atoms with E-state index in [1.54, 1.807) is 41.9 Å². The van der Waals surface area contributed by atoms with Gasteiger partial charge in [-0.2, -0.15) is 0 Å². The van der Waals surface area contributed by atoms with Crippen molar-refractivity contribution in [3.63, 3.8) is 0 Å². The zero-order valence-corrected chi connectivity index (χ0v) is 15.2. The molecule has 2 aromatic heterocycles. The summed E-state index contributed by atoms with van der Waals surface area (Å²) >= 11 is 3.18. The van der Waals surface area contributed by atoms with Gasteiger partial charge in [0.15, 0.2) is 0 Å². The van der Waals surface area contributed by atoms with Gasteiger partial charge in [-0.3, -0.25) is 9.59 Å². The number of nitrogens with zero attached hydrogens (tertiary/aromatic N) is 1. The zero-order chi connectivity index (χ0) is 17.6. The van der Waals surface area contributed by atoms with E-state index in [9.17, 15) is 9.59 Å². The van der Waals surface area contributed by atoms with Crippen molar-refractivity contribution in [2.45, 2.75) is 12.8 Å². The Kier molecular flexibility index (Phi) is 5.57. The van der Waals surface area contributed by atoms with Crippen LogP contribution >= 0.6 is 22.7 Å². The predicted octanol–water partition coefficient (Wildman–Crippen LogP) is 3.34. The number of nitrogens with one attached hydrogen (secondary N) is 2. The monoisotopic (exact) mass is 371 g/mol. The summed E-state index contributed by atoms with van der Waals surface area (Å²) in [5.41, 5.74) is 2.37. The summed E-state index contributed by atoms with van der Waals surface area (Å²) in [6.45, 7) is 0. The van der Waals surface area contributed by atoms with Crippen LogP contribution in [0.2, 0.25) is 0 Å². The van der Waals surface area contributed by atoms with Crippen molar-refractivity contribution in [1.82, 2.24) is 10.3 Å². The van der Waals surface area contributed by atoms with Crippen molar-refractivity contribution < 1.29 is 9.59 Å². The number of carbonyl (C=O) groups is 2. The molecule has 3 aromatic rings. The Labute approximate surface area is 153 Å². The molecular formula is C18H17N3O2S2. The molecule has 0 saturated carbocycles. The number of rotatable bonds is 6. The van der Waals surface area contributed by atoms with Crippen LogP contribution in [0.25, 0.3) is 9.88 Å². The topological polar surface area (TPSA) is 71.1 Å². The minimum Gasteiger partial charge on any atom is -0.359 e. The normalized spacial score (nSPS) is 10.4. The first-order chi connectivity index (χ1) is 12.1. The highest BCUT2D eigenvalue weighted by Crippen LogP contribution is 2.27. The second-order valence-electron chi connectivity index (χ2n) is 5.39. The molecule has 2 N–H and O–H groups in total. The lowest BCUT2D eigenvalue weighted by atomic mass is 10.1. The summed E-state index contributed by atoms with van der Waals surface area (Å²) in [4.78, 5) is 29.2. The molecule has 2 heterocycles. The van der Waals surface area contributed by atoms with Gasteiger partial charge in [0.1, 0.15) is 5.01 Å². The van der Waals surface area contributed by atoms with Crippen LogP contribution in [0.5, 0.6) is 0 Å². The molecule has 2 amide bonds. The SMILES string of the molecule is CNC(=O)Cc1ccc(NC(=O)Cc2csc(-c3cccs3)n2)cc1. The molecule has 0 unspecified atom stereocenters. The minimum absolute atomic E-state index is 0.0399. The molecule has 5 nitrogen and oxygen atoms in total. The van der Waals surface area contributed by atoms with Gasteiger partial charge >= 0.3 is 0 Å². The molecule has 7 heteroatoms. The number of hydrogen-bond donors (Lipinski definition) is 2. The van der Waals surface area contributed by atoms with E-state index in [0.717, 1.165) is 21.1 Å². The van der Waals surface area contributed by atoms with Crippen LogP contribution in [0.15, 0.2) is 47.2 Å². The maximum Gasteiger partial charge on any atom is 0.230 e. The number of carbonyl (C=O) groups excluding carboxylic acids is 2. The lowest BCUT2D eigenvalue weighted by Gasteiger charge is -2.06. The average molecular weight is 371 g/mol. The van der Waals surface area contributed by atoms with E-state index in [2.05, 4.69) is 15.6 Å². The van der Waals surface area contributed by atoms with Crippen LogP contribution in [-0.2, 0) is 22.4 Å². The molecular weight excluding hydrogens is 354 g/mol. The van der Waals surface area contributed by atoms with Gasteiger partial charge in [0.2, 0.25) is 11.8 Å². The summed E-state index contributed by atoms with van der Waals surface area (Å²) in [7, 11) is 1.61. The van der Waals surface area contributed by atoms with Crippen LogP contribution in [0.4, 0.5) is 5.69 Å². The Bertz CT molecular complexity index is 855. The third-order valence-corrected chi connectivity index (χ3v) is 5.44. The van der Waals surface area contributed by atoms with Crippen molar-refractivity contribution in [3.05, 3.63) is 58.4 Å². The van der Waals surface area contributed by atoms with Crippen molar-refractivity contribution in [3.8, 4) is 9.88 Å². The van der Waals surface area contributed by atoms with Crippen LogP contribution in [-0.4, -0.2) is 23.8 Å². The number of anilines is 1. The Balaban J connectivity index is 1.56. The average Bonchev–Trinajstić information content (AvgIpc) is 3.27. The van der Waals surface area contributed by atoms with Crippen molar-refractivity contribution in [2.24, 2.45) is 0 Å². The first-order valence-electron chi connectivity index (χ1n) is 7.71. The molecule has 0 aliphatic rings. The van der Waals surface area contributed by atoms with Gasteiger partial charge in [0.25, 0.3) is 0 Å². The van der Waals surface area contributed by atoms with Crippen LogP contribution < -0.4 is 10.6 Å². The fraction of sp³-hybridized carbons (Fsp3) is 0.167. The van der Waals surface area contributed by atoms with Gasteiger partial charge in [0, 0.05) is 18.1 Å². The minimum atomic E-state index is -0.109. The number of likely N-dealkylation sites (N-methyl/N-ethyl adjacent to an activating group) is 1.